The van der Waals surface area contributed by atoms with Gasteiger partial charge in [0.25, 0.3) is 0 Å². The van der Waals surface area contributed by atoms with Crippen LogP contribution in [0, 0.1) is 6.92 Å². The van der Waals surface area contributed by atoms with Crippen LogP contribution in [0.1, 0.15) is 5.56 Å². The first kappa shape index (κ1) is 17.6. The Balaban J connectivity index is 1.95. The first-order chi connectivity index (χ1) is 11.8. The summed E-state index contributed by atoms with van der Waals surface area (Å²) < 4.78 is 26.2. The number of halogens is 1. The summed E-state index contributed by atoms with van der Waals surface area (Å²) in [5, 5.41) is 2.67. The van der Waals surface area contributed by atoms with Crippen LogP contribution in [0.3, 0.4) is 0 Å². The number of anilines is 1. The monoisotopic (exact) mass is 421 g/mol. The molecule has 0 atom stereocenters. The summed E-state index contributed by atoms with van der Waals surface area (Å²) >= 11 is 3.41. The summed E-state index contributed by atoms with van der Waals surface area (Å²) in [6.45, 7) is 1.80. The van der Waals surface area contributed by atoms with Crippen molar-refractivity contribution in [2.24, 2.45) is 0 Å². The van der Waals surface area contributed by atoms with Crippen molar-refractivity contribution in [1.29, 1.82) is 0 Å². The minimum atomic E-state index is -3.56. The molecule has 8 heteroatoms. The highest BCUT2D eigenvalue weighted by molar-refractivity contribution is 9.10. The number of aromatic nitrogens is 2. The maximum absolute atomic E-state index is 12.5. The van der Waals surface area contributed by atoms with Crippen molar-refractivity contribution in [3.63, 3.8) is 0 Å². The molecule has 25 heavy (non-hydrogen) atoms. The predicted octanol–water partition coefficient (Wildman–Crippen LogP) is 3.15. The lowest BCUT2D eigenvalue weighted by molar-refractivity contribution is -0.116. The molecular formula is C17H16BrN3O3S. The largest absolute Gasteiger partial charge is 0.324 e. The molecule has 3 rings (SSSR count). The van der Waals surface area contributed by atoms with Gasteiger partial charge in [-0.3, -0.25) is 4.79 Å². The Kier molecular flexibility index (Phi) is 4.66. The lowest BCUT2D eigenvalue weighted by Crippen LogP contribution is -2.21. The Labute approximate surface area is 153 Å². The summed E-state index contributed by atoms with van der Waals surface area (Å²) in [4.78, 5) is 16.6. The van der Waals surface area contributed by atoms with Crippen molar-refractivity contribution in [2.45, 2.75) is 18.6 Å². The molecule has 0 radical (unpaired) electrons. The van der Waals surface area contributed by atoms with Gasteiger partial charge in [0.15, 0.2) is 0 Å². The van der Waals surface area contributed by atoms with Crippen LogP contribution in [-0.4, -0.2) is 30.1 Å². The molecule has 2 aromatic carbocycles. The van der Waals surface area contributed by atoms with E-state index >= 15 is 0 Å². The van der Waals surface area contributed by atoms with E-state index in [-0.39, 0.29) is 17.6 Å². The molecule has 0 bridgehead atoms. The van der Waals surface area contributed by atoms with Gasteiger partial charge in [-0.25, -0.2) is 13.4 Å². The van der Waals surface area contributed by atoms with Crippen LogP contribution in [0.2, 0.25) is 0 Å². The standard InChI is InChI=1S/C17H16BrN3O3S/c1-11-7-8-13(12(18)9-11)19-16(22)10-21-15-6-4-3-5-14(15)20-17(21)25(2,23)24/h3-9H,10H2,1-2H3,(H,19,22). The molecule has 3 aromatic rings. The normalized spacial score (nSPS) is 11.6. The average molecular weight is 422 g/mol. The van der Waals surface area contributed by atoms with Gasteiger partial charge in [0, 0.05) is 10.7 Å². The second-order valence-electron chi connectivity index (χ2n) is 5.77. The second-order valence-corrected chi connectivity index (χ2v) is 8.54. The molecule has 1 aromatic heterocycles. The van der Waals surface area contributed by atoms with Gasteiger partial charge in [-0.1, -0.05) is 18.2 Å². The van der Waals surface area contributed by atoms with E-state index in [0.29, 0.717) is 16.7 Å². The number of sulfone groups is 1. The fourth-order valence-electron chi connectivity index (χ4n) is 2.54. The Morgan fingerprint density at radius 3 is 2.64 bits per heavy atom. The molecule has 1 heterocycles. The molecule has 130 valence electrons. The van der Waals surface area contributed by atoms with Gasteiger partial charge in [-0.15, -0.1) is 0 Å². The Hall–Kier alpha value is -2.19. The number of nitrogens with one attached hydrogen (secondary N) is 1. The van der Waals surface area contributed by atoms with Gasteiger partial charge in [0.05, 0.1) is 16.7 Å². The molecule has 0 aliphatic carbocycles. The highest BCUT2D eigenvalue weighted by Crippen LogP contribution is 2.24. The van der Waals surface area contributed by atoms with Gasteiger partial charge in [0.2, 0.25) is 20.9 Å². The fraction of sp³-hybridized carbons (Fsp3) is 0.176. The van der Waals surface area contributed by atoms with Crippen molar-refractivity contribution >= 4 is 48.4 Å². The van der Waals surface area contributed by atoms with Crippen LogP contribution in [0.4, 0.5) is 5.69 Å². The molecule has 0 unspecified atom stereocenters. The summed E-state index contributed by atoms with van der Waals surface area (Å²) in [5.41, 5.74) is 2.82. The summed E-state index contributed by atoms with van der Waals surface area (Å²) in [5.74, 6) is -0.336. The van der Waals surface area contributed by atoms with Crippen LogP contribution in [0.15, 0.2) is 52.1 Å². The van der Waals surface area contributed by atoms with Gasteiger partial charge in [-0.05, 0) is 52.7 Å². The number of para-hydroxylation sites is 2. The smallest absolute Gasteiger partial charge is 0.244 e. The predicted molar refractivity (Wildman–Crippen MR) is 100 cm³/mol. The maximum atomic E-state index is 12.5. The van der Waals surface area contributed by atoms with Gasteiger partial charge >= 0.3 is 0 Å². The van der Waals surface area contributed by atoms with E-state index in [9.17, 15) is 13.2 Å². The first-order valence-corrected chi connectivity index (χ1v) is 10.2. The molecule has 0 aliphatic heterocycles. The third-order valence-electron chi connectivity index (χ3n) is 3.65. The SMILES string of the molecule is Cc1ccc(NC(=O)Cn2c(S(C)(=O)=O)nc3ccccc32)c(Br)c1. The zero-order valence-electron chi connectivity index (χ0n) is 13.7. The number of amides is 1. The molecule has 0 fully saturated rings. The molecule has 0 saturated heterocycles. The Morgan fingerprint density at radius 1 is 1.24 bits per heavy atom. The molecule has 6 nitrogen and oxygen atoms in total. The van der Waals surface area contributed by atoms with Gasteiger partial charge in [-0.2, -0.15) is 0 Å². The van der Waals surface area contributed by atoms with E-state index in [4.69, 9.17) is 0 Å². The second kappa shape index (κ2) is 6.61. The summed E-state index contributed by atoms with van der Waals surface area (Å²) in [7, 11) is -3.56. The number of carbonyl (C=O) groups excluding carboxylic acids is 1. The fourth-order valence-corrected chi connectivity index (χ4v) is 3.96. The lowest BCUT2D eigenvalue weighted by Gasteiger charge is -2.11. The lowest BCUT2D eigenvalue weighted by atomic mass is 10.2. The number of hydrogen-bond donors (Lipinski definition) is 1. The van der Waals surface area contributed by atoms with E-state index < -0.39 is 9.84 Å². The number of carbonyl (C=O) groups is 1. The third kappa shape index (κ3) is 3.74. The van der Waals surface area contributed by atoms with E-state index in [1.807, 2.05) is 19.1 Å². The number of imidazole rings is 1. The molecule has 0 aliphatic rings. The molecular weight excluding hydrogens is 406 g/mol. The number of hydrogen-bond acceptors (Lipinski definition) is 4. The van der Waals surface area contributed by atoms with Gasteiger partial charge in [0.1, 0.15) is 6.54 Å². The number of fused-ring (bicyclic) bond motifs is 1. The van der Waals surface area contributed by atoms with Crippen molar-refractivity contribution in [3.8, 4) is 0 Å². The average Bonchev–Trinajstić information content (AvgIpc) is 2.89. The van der Waals surface area contributed by atoms with Crippen LogP contribution >= 0.6 is 15.9 Å². The minimum absolute atomic E-state index is 0.119. The zero-order chi connectivity index (χ0) is 18.2. The van der Waals surface area contributed by atoms with Gasteiger partial charge < -0.3 is 9.88 Å². The Bertz CT molecular complexity index is 1070. The number of benzene rings is 2. The van der Waals surface area contributed by atoms with Crippen molar-refractivity contribution in [1.82, 2.24) is 9.55 Å². The maximum Gasteiger partial charge on any atom is 0.244 e. The Morgan fingerprint density at radius 2 is 1.96 bits per heavy atom. The molecule has 0 saturated carbocycles. The zero-order valence-corrected chi connectivity index (χ0v) is 16.1. The summed E-state index contributed by atoms with van der Waals surface area (Å²) in [6.07, 6.45) is 1.08. The summed E-state index contributed by atoms with van der Waals surface area (Å²) in [6, 6.07) is 12.6. The van der Waals surface area contributed by atoms with Crippen molar-refractivity contribution < 1.29 is 13.2 Å². The van der Waals surface area contributed by atoms with E-state index in [0.717, 1.165) is 16.3 Å². The molecule has 1 amide bonds. The number of nitrogens with zero attached hydrogens (tertiary/aromatic N) is 2. The number of aryl methyl sites for hydroxylation is 1. The van der Waals surface area contributed by atoms with Crippen LogP contribution in [0.25, 0.3) is 11.0 Å². The van der Waals surface area contributed by atoms with Crippen LogP contribution in [0.5, 0.6) is 0 Å². The first-order valence-electron chi connectivity index (χ1n) is 7.47. The highest BCUT2D eigenvalue weighted by Gasteiger charge is 2.21. The topological polar surface area (TPSA) is 81.1 Å². The van der Waals surface area contributed by atoms with Crippen LogP contribution in [-0.2, 0) is 21.2 Å². The van der Waals surface area contributed by atoms with E-state index in [2.05, 4.69) is 26.2 Å². The molecule has 1 N–H and O–H groups in total. The highest BCUT2D eigenvalue weighted by atomic mass is 79.9. The molecule has 0 spiro atoms. The third-order valence-corrected chi connectivity index (χ3v) is 5.28. The van der Waals surface area contributed by atoms with Crippen molar-refractivity contribution in [3.05, 3.63) is 52.5 Å². The van der Waals surface area contributed by atoms with E-state index in [1.165, 1.54) is 4.57 Å². The quantitative estimate of drug-likeness (QED) is 0.701. The van der Waals surface area contributed by atoms with Crippen molar-refractivity contribution in [2.75, 3.05) is 11.6 Å². The van der Waals surface area contributed by atoms with Crippen LogP contribution < -0.4 is 5.32 Å². The van der Waals surface area contributed by atoms with E-state index in [1.54, 1.807) is 30.3 Å². The minimum Gasteiger partial charge on any atom is -0.324 e. The number of rotatable bonds is 4.